The molecular weight excluding hydrogens is 405 g/mol. The average molecular weight is 427 g/mol. The van der Waals surface area contributed by atoms with E-state index in [-0.39, 0.29) is 12.5 Å². The Balaban J connectivity index is 1.46. The predicted octanol–water partition coefficient (Wildman–Crippen LogP) is 6.33. The molecule has 0 aliphatic rings. The van der Waals surface area contributed by atoms with Gasteiger partial charge in [-0.2, -0.15) is 0 Å². The molecule has 0 aliphatic heterocycles. The minimum Gasteiger partial charge on any atom is -0.496 e. The average Bonchev–Trinajstić information content (AvgIpc) is 2.83. The number of hydrogen-bond donors (Lipinski definition) is 1. The Labute approximate surface area is 186 Å². The van der Waals surface area contributed by atoms with Gasteiger partial charge in [-0.3, -0.25) is 4.79 Å². The van der Waals surface area contributed by atoms with Crippen LogP contribution in [0.5, 0.6) is 11.5 Å². The maximum absolute atomic E-state index is 13.4. The van der Waals surface area contributed by atoms with Crippen LogP contribution < -0.4 is 14.8 Å². The van der Waals surface area contributed by atoms with Crippen molar-refractivity contribution in [1.29, 1.82) is 0 Å². The smallest absolute Gasteiger partial charge is 0.255 e. The topological polar surface area (TPSA) is 47.6 Å². The summed E-state index contributed by atoms with van der Waals surface area (Å²) in [5.41, 5.74) is 3.78. The molecule has 0 bridgehead atoms. The summed E-state index contributed by atoms with van der Waals surface area (Å²) in [4.78, 5) is 12.6. The first kappa shape index (κ1) is 21.1. The monoisotopic (exact) mass is 427 g/mol. The van der Waals surface area contributed by atoms with Gasteiger partial charge in [-0.15, -0.1) is 0 Å². The lowest BCUT2D eigenvalue weighted by molar-refractivity contribution is 0.102. The number of benzene rings is 4. The van der Waals surface area contributed by atoms with Gasteiger partial charge < -0.3 is 14.8 Å². The second kappa shape index (κ2) is 9.79. The molecule has 4 rings (SSSR count). The predicted molar refractivity (Wildman–Crippen MR) is 124 cm³/mol. The second-order valence-corrected chi connectivity index (χ2v) is 7.17. The molecule has 32 heavy (non-hydrogen) atoms. The Bertz CT molecular complexity index is 1210. The SMILES string of the molecule is COc1ccc(C(=O)Nc2cccc(F)c2)cc1COc1ccc(-c2ccccc2)cc1. The minimum absolute atomic E-state index is 0.231. The third-order valence-corrected chi connectivity index (χ3v) is 4.98. The van der Waals surface area contributed by atoms with Crippen molar-refractivity contribution in [3.05, 3.63) is 114 Å². The number of ether oxygens (including phenoxy) is 2. The van der Waals surface area contributed by atoms with Gasteiger partial charge in [0.05, 0.1) is 7.11 Å². The number of hydrogen-bond acceptors (Lipinski definition) is 3. The number of nitrogens with one attached hydrogen (secondary N) is 1. The van der Waals surface area contributed by atoms with Crippen molar-refractivity contribution < 1.29 is 18.7 Å². The molecule has 5 heteroatoms. The molecule has 1 N–H and O–H groups in total. The fourth-order valence-electron chi connectivity index (χ4n) is 3.34. The van der Waals surface area contributed by atoms with Crippen molar-refractivity contribution >= 4 is 11.6 Å². The highest BCUT2D eigenvalue weighted by atomic mass is 19.1. The van der Waals surface area contributed by atoms with E-state index in [1.54, 1.807) is 37.4 Å². The minimum atomic E-state index is -0.412. The molecule has 0 radical (unpaired) electrons. The maximum Gasteiger partial charge on any atom is 0.255 e. The van der Waals surface area contributed by atoms with Gasteiger partial charge >= 0.3 is 0 Å². The Morgan fingerprint density at radius 3 is 2.31 bits per heavy atom. The summed E-state index contributed by atoms with van der Waals surface area (Å²) < 4.78 is 24.7. The summed E-state index contributed by atoms with van der Waals surface area (Å²) in [5.74, 6) is 0.575. The maximum atomic E-state index is 13.4. The zero-order chi connectivity index (χ0) is 22.3. The van der Waals surface area contributed by atoms with Gasteiger partial charge in [0, 0.05) is 16.8 Å². The number of halogens is 1. The number of carbonyl (C=O) groups is 1. The molecule has 0 atom stereocenters. The van der Waals surface area contributed by atoms with E-state index in [1.807, 2.05) is 42.5 Å². The Hall–Kier alpha value is -4.12. The second-order valence-electron chi connectivity index (χ2n) is 7.17. The zero-order valence-electron chi connectivity index (χ0n) is 17.5. The summed E-state index contributed by atoms with van der Waals surface area (Å²) in [6, 6.07) is 28.8. The molecule has 0 saturated heterocycles. The Kier molecular flexibility index (Phi) is 6.46. The zero-order valence-corrected chi connectivity index (χ0v) is 17.5. The summed E-state index contributed by atoms with van der Waals surface area (Å²) >= 11 is 0. The summed E-state index contributed by atoms with van der Waals surface area (Å²) in [5, 5.41) is 2.70. The Morgan fingerprint density at radius 1 is 0.844 bits per heavy atom. The number of amides is 1. The van der Waals surface area contributed by atoms with Crippen molar-refractivity contribution in [2.45, 2.75) is 6.61 Å². The van der Waals surface area contributed by atoms with Gasteiger partial charge in [0.1, 0.15) is 23.9 Å². The molecule has 0 aromatic heterocycles. The van der Waals surface area contributed by atoms with Crippen LogP contribution in [0.4, 0.5) is 10.1 Å². The van der Waals surface area contributed by atoms with E-state index in [0.29, 0.717) is 22.7 Å². The van der Waals surface area contributed by atoms with Crippen LogP contribution in [0, 0.1) is 5.82 Å². The molecule has 0 heterocycles. The van der Waals surface area contributed by atoms with E-state index in [2.05, 4.69) is 17.4 Å². The van der Waals surface area contributed by atoms with E-state index in [1.165, 1.54) is 12.1 Å². The number of methoxy groups -OCH3 is 1. The highest BCUT2D eigenvalue weighted by Crippen LogP contribution is 2.25. The summed E-state index contributed by atoms with van der Waals surface area (Å²) in [6.07, 6.45) is 0. The third-order valence-electron chi connectivity index (χ3n) is 4.98. The van der Waals surface area contributed by atoms with Gasteiger partial charge in [0.15, 0.2) is 0 Å². The van der Waals surface area contributed by atoms with E-state index in [9.17, 15) is 9.18 Å². The van der Waals surface area contributed by atoms with E-state index in [0.717, 1.165) is 16.7 Å². The Morgan fingerprint density at radius 2 is 1.59 bits per heavy atom. The van der Waals surface area contributed by atoms with Crippen LogP contribution in [0.25, 0.3) is 11.1 Å². The lowest BCUT2D eigenvalue weighted by atomic mass is 10.1. The molecule has 160 valence electrons. The fraction of sp³-hybridized carbons (Fsp3) is 0.0741. The van der Waals surface area contributed by atoms with Crippen molar-refractivity contribution in [2.75, 3.05) is 12.4 Å². The van der Waals surface area contributed by atoms with Crippen molar-refractivity contribution in [1.82, 2.24) is 0 Å². The van der Waals surface area contributed by atoms with Crippen LogP contribution in [0.15, 0.2) is 97.1 Å². The first-order valence-electron chi connectivity index (χ1n) is 10.1. The molecule has 4 nitrogen and oxygen atoms in total. The quantitative estimate of drug-likeness (QED) is 0.375. The van der Waals surface area contributed by atoms with Crippen molar-refractivity contribution in [3.63, 3.8) is 0 Å². The highest BCUT2D eigenvalue weighted by Gasteiger charge is 2.12. The standard InChI is InChI=1S/C27H22FNO3/c1-31-26-15-12-21(27(30)29-24-9-5-8-23(28)17-24)16-22(26)18-32-25-13-10-20(11-14-25)19-6-3-2-4-7-19/h2-17H,18H2,1H3,(H,29,30). The normalized spacial score (nSPS) is 10.4. The third kappa shape index (κ3) is 5.13. The molecule has 0 saturated carbocycles. The molecular formula is C27H22FNO3. The summed E-state index contributed by atoms with van der Waals surface area (Å²) in [7, 11) is 1.57. The first-order valence-corrected chi connectivity index (χ1v) is 10.1. The van der Waals surface area contributed by atoms with Gasteiger partial charge in [-0.1, -0.05) is 48.5 Å². The summed E-state index contributed by atoms with van der Waals surface area (Å²) in [6.45, 7) is 0.231. The van der Waals surface area contributed by atoms with Crippen LogP contribution in [0.2, 0.25) is 0 Å². The first-order chi connectivity index (χ1) is 15.6. The van der Waals surface area contributed by atoms with Crippen LogP contribution in [-0.4, -0.2) is 13.0 Å². The van der Waals surface area contributed by atoms with Gasteiger partial charge in [-0.25, -0.2) is 4.39 Å². The van der Waals surface area contributed by atoms with Crippen molar-refractivity contribution in [2.24, 2.45) is 0 Å². The van der Waals surface area contributed by atoms with Gasteiger partial charge in [0.25, 0.3) is 5.91 Å². The highest BCUT2D eigenvalue weighted by molar-refractivity contribution is 6.04. The fourth-order valence-corrected chi connectivity index (χ4v) is 3.34. The van der Waals surface area contributed by atoms with E-state index in [4.69, 9.17) is 9.47 Å². The molecule has 0 aliphatic carbocycles. The lowest BCUT2D eigenvalue weighted by Crippen LogP contribution is -2.13. The van der Waals surface area contributed by atoms with Crippen LogP contribution in [0.1, 0.15) is 15.9 Å². The molecule has 1 amide bonds. The van der Waals surface area contributed by atoms with Crippen molar-refractivity contribution in [3.8, 4) is 22.6 Å². The molecule has 4 aromatic carbocycles. The lowest BCUT2D eigenvalue weighted by Gasteiger charge is -2.13. The molecule has 4 aromatic rings. The van der Waals surface area contributed by atoms with Crippen LogP contribution >= 0.6 is 0 Å². The van der Waals surface area contributed by atoms with Crippen LogP contribution in [0.3, 0.4) is 0 Å². The van der Waals surface area contributed by atoms with Gasteiger partial charge in [-0.05, 0) is 59.7 Å². The van der Waals surface area contributed by atoms with Crippen LogP contribution in [-0.2, 0) is 6.61 Å². The number of rotatable bonds is 7. The van der Waals surface area contributed by atoms with E-state index < -0.39 is 5.82 Å². The van der Waals surface area contributed by atoms with E-state index >= 15 is 0 Å². The molecule has 0 spiro atoms. The largest absolute Gasteiger partial charge is 0.496 e. The molecule has 0 unspecified atom stereocenters. The number of carbonyl (C=O) groups excluding carboxylic acids is 1. The molecule has 0 fully saturated rings. The number of anilines is 1. The van der Waals surface area contributed by atoms with Gasteiger partial charge in [0.2, 0.25) is 0 Å².